The number of hydrogen-bond donors (Lipinski definition) is 1. The minimum atomic E-state index is 0.460. The van der Waals surface area contributed by atoms with Crippen LogP contribution in [0.3, 0.4) is 0 Å². The van der Waals surface area contributed by atoms with Gasteiger partial charge in [0.25, 0.3) is 0 Å². The summed E-state index contributed by atoms with van der Waals surface area (Å²) in [7, 11) is 2.33. The van der Waals surface area contributed by atoms with Crippen molar-refractivity contribution in [1.82, 2.24) is 10.2 Å². The summed E-state index contributed by atoms with van der Waals surface area (Å²) in [6.45, 7) is 11.9. The van der Waals surface area contributed by atoms with Gasteiger partial charge in [0, 0.05) is 24.4 Å². The fraction of sp³-hybridized carbons (Fsp3) is 1.00. The molecule has 1 N–H and O–H groups in total. The van der Waals surface area contributed by atoms with E-state index in [0.29, 0.717) is 11.5 Å². The Kier molecular flexibility index (Phi) is 7.92. The van der Waals surface area contributed by atoms with Gasteiger partial charge in [0.2, 0.25) is 0 Å². The van der Waals surface area contributed by atoms with Gasteiger partial charge in [0.05, 0.1) is 0 Å². The summed E-state index contributed by atoms with van der Waals surface area (Å²) in [6.07, 6.45) is 7.47. The summed E-state index contributed by atoms with van der Waals surface area (Å²) in [5, 5.41) is 3.83. The van der Waals surface area contributed by atoms with Crippen LogP contribution in [-0.2, 0) is 0 Å². The molecule has 0 aromatic rings. The van der Waals surface area contributed by atoms with E-state index in [1.807, 2.05) is 11.8 Å². The molecule has 1 fully saturated rings. The zero-order chi connectivity index (χ0) is 15.2. The zero-order valence-electron chi connectivity index (χ0n) is 14.5. The van der Waals surface area contributed by atoms with E-state index in [1.54, 1.807) is 0 Å². The molecule has 0 radical (unpaired) electrons. The Morgan fingerprint density at radius 2 is 2.05 bits per heavy atom. The molecule has 20 heavy (non-hydrogen) atoms. The van der Waals surface area contributed by atoms with Crippen molar-refractivity contribution >= 4 is 11.8 Å². The lowest BCUT2D eigenvalue weighted by Gasteiger charge is -2.35. The Morgan fingerprint density at radius 3 is 2.60 bits per heavy atom. The number of hydrogen-bond acceptors (Lipinski definition) is 3. The third kappa shape index (κ3) is 4.92. The van der Waals surface area contributed by atoms with Crippen molar-refractivity contribution in [2.45, 2.75) is 65.5 Å². The maximum Gasteiger partial charge on any atom is 0.0180 e. The third-order valence-electron chi connectivity index (χ3n) is 5.06. The molecule has 0 aromatic heterocycles. The van der Waals surface area contributed by atoms with Crippen molar-refractivity contribution in [3.05, 3.63) is 0 Å². The second-order valence-corrected chi connectivity index (χ2v) is 8.09. The smallest absolute Gasteiger partial charge is 0.0180 e. The molecule has 3 heteroatoms. The number of nitrogens with one attached hydrogen (secondary N) is 1. The van der Waals surface area contributed by atoms with Crippen LogP contribution >= 0.6 is 11.8 Å². The molecule has 0 saturated heterocycles. The zero-order valence-corrected chi connectivity index (χ0v) is 15.4. The Morgan fingerprint density at radius 1 is 1.35 bits per heavy atom. The van der Waals surface area contributed by atoms with E-state index < -0.39 is 0 Å². The highest BCUT2D eigenvalue weighted by atomic mass is 32.2. The number of nitrogens with zero attached hydrogens (tertiary/aromatic N) is 1. The minimum Gasteiger partial charge on any atom is -0.313 e. The van der Waals surface area contributed by atoms with Gasteiger partial charge < -0.3 is 10.2 Å². The minimum absolute atomic E-state index is 0.460. The highest BCUT2D eigenvalue weighted by molar-refractivity contribution is 7.98. The second kappa shape index (κ2) is 8.65. The molecule has 3 atom stereocenters. The molecular weight excluding hydrogens is 264 g/mol. The van der Waals surface area contributed by atoms with Crippen LogP contribution in [-0.4, -0.2) is 49.1 Å². The van der Waals surface area contributed by atoms with E-state index in [0.717, 1.165) is 18.5 Å². The lowest BCUT2D eigenvalue weighted by atomic mass is 9.84. The first-order chi connectivity index (χ1) is 9.46. The number of rotatable bonds is 9. The van der Waals surface area contributed by atoms with Gasteiger partial charge in [0.15, 0.2) is 0 Å². The van der Waals surface area contributed by atoms with Gasteiger partial charge in [-0.3, -0.25) is 0 Å². The van der Waals surface area contributed by atoms with Gasteiger partial charge >= 0.3 is 0 Å². The molecule has 2 nitrogen and oxygen atoms in total. The summed E-state index contributed by atoms with van der Waals surface area (Å²) in [6, 6.07) is 1.43. The van der Waals surface area contributed by atoms with Crippen molar-refractivity contribution < 1.29 is 0 Å². The van der Waals surface area contributed by atoms with E-state index >= 15 is 0 Å². The second-order valence-electron chi connectivity index (χ2n) is 7.18. The molecule has 1 aliphatic rings. The van der Waals surface area contributed by atoms with Gasteiger partial charge in [-0.1, -0.05) is 27.7 Å². The highest BCUT2D eigenvalue weighted by Crippen LogP contribution is 2.41. The molecule has 3 unspecified atom stereocenters. The normalized spacial score (nSPS) is 27.1. The quantitative estimate of drug-likeness (QED) is 0.696. The summed E-state index contributed by atoms with van der Waals surface area (Å²) in [5.74, 6) is 2.08. The third-order valence-corrected chi connectivity index (χ3v) is 5.78. The largest absolute Gasteiger partial charge is 0.313 e. The van der Waals surface area contributed by atoms with E-state index in [1.165, 1.54) is 38.0 Å². The van der Waals surface area contributed by atoms with Gasteiger partial charge in [0.1, 0.15) is 0 Å². The van der Waals surface area contributed by atoms with E-state index in [2.05, 4.69) is 51.2 Å². The van der Waals surface area contributed by atoms with Crippen LogP contribution in [0.4, 0.5) is 0 Å². The van der Waals surface area contributed by atoms with Crippen LogP contribution in [0.25, 0.3) is 0 Å². The van der Waals surface area contributed by atoms with Crippen molar-refractivity contribution in [3.8, 4) is 0 Å². The van der Waals surface area contributed by atoms with Crippen LogP contribution < -0.4 is 5.32 Å². The predicted octanol–water partition coefficient (Wildman–Crippen LogP) is 3.86. The Labute approximate surface area is 131 Å². The standard InChI is InChI=1S/C17H36N2S/c1-7-11-18-16-14(9-10-17(16,3)4)12-19(5)15(8-2)13-20-6/h14-16,18H,7-13H2,1-6H3. The van der Waals surface area contributed by atoms with Crippen LogP contribution in [0.15, 0.2) is 0 Å². The monoisotopic (exact) mass is 300 g/mol. The molecule has 120 valence electrons. The molecular formula is C17H36N2S. The summed E-state index contributed by atoms with van der Waals surface area (Å²) in [5.41, 5.74) is 0.460. The van der Waals surface area contributed by atoms with Crippen molar-refractivity contribution in [2.75, 3.05) is 32.1 Å². The topological polar surface area (TPSA) is 15.3 Å². The molecule has 0 heterocycles. The van der Waals surface area contributed by atoms with Gasteiger partial charge in [-0.15, -0.1) is 0 Å². The Bertz CT molecular complexity index is 268. The first-order valence-corrected chi connectivity index (χ1v) is 9.78. The average Bonchev–Trinajstić information content (AvgIpc) is 2.68. The fourth-order valence-corrected chi connectivity index (χ4v) is 4.60. The average molecular weight is 301 g/mol. The Hall–Kier alpha value is 0.270. The molecule has 1 saturated carbocycles. The SMILES string of the molecule is CCCNC1C(CN(C)C(CC)CSC)CCC1(C)C. The molecule has 0 aromatic carbocycles. The summed E-state index contributed by atoms with van der Waals surface area (Å²) < 4.78 is 0. The molecule has 1 aliphatic carbocycles. The van der Waals surface area contributed by atoms with Gasteiger partial charge in [-0.25, -0.2) is 0 Å². The first-order valence-electron chi connectivity index (χ1n) is 8.38. The lowest BCUT2D eigenvalue weighted by Crippen LogP contribution is -2.47. The van der Waals surface area contributed by atoms with E-state index in [4.69, 9.17) is 0 Å². The predicted molar refractivity (Wildman–Crippen MR) is 93.7 cm³/mol. The molecule has 0 amide bonds. The van der Waals surface area contributed by atoms with Crippen molar-refractivity contribution in [2.24, 2.45) is 11.3 Å². The molecule has 0 aliphatic heterocycles. The van der Waals surface area contributed by atoms with Gasteiger partial charge in [-0.05, 0) is 56.9 Å². The van der Waals surface area contributed by atoms with Crippen LogP contribution in [0.2, 0.25) is 0 Å². The van der Waals surface area contributed by atoms with Crippen LogP contribution in [0.5, 0.6) is 0 Å². The molecule has 0 bridgehead atoms. The molecule has 0 spiro atoms. The Balaban J connectivity index is 2.60. The maximum absolute atomic E-state index is 3.83. The van der Waals surface area contributed by atoms with E-state index in [9.17, 15) is 0 Å². The molecule has 1 rings (SSSR count). The lowest BCUT2D eigenvalue weighted by molar-refractivity contribution is 0.176. The van der Waals surface area contributed by atoms with Crippen LogP contribution in [0.1, 0.15) is 53.4 Å². The highest BCUT2D eigenvalue weighted by Gasteiger charge is 2.41. The maximum atomic E-state index is 3.83. The van der Waals surface area contributed by atoms with Crippen molar-refractivity contribution in [1.29, 1.82) is 0 Å². The van der Waals surface area contributed by atoms with Gasteiger partial charge in [-0.2, -0.15) is 11.8 Å². The summed E-state index contributed by atoms with van der Waals surface area (Å²) >= 11 is 1.98. The first kappa shape index (κ1) is 18.3. The van der Waals surface area contributed by atoms with E-state index in [-0.39, 0.29) is 0 Å². The van der Waals surface area contributed by atoms with Crippen LogP contribution in [0, 0.1) is 11.3 Å². The van der Waals surface area contributed by atoms with Crippen molar-refractivity contribution in [3.63, 3.8) is 0 Å². The summed E-state index contributed by atoms with van der Waals surface area (Å²) in [4.78, 5) is 2.61. The fourth-order valence-electron chi connectivity index (χ4n) is 3.73. The number of thioether (sulfide) groups is 1.